The monoisotopic (exact) mass is 374 g/mol. The first kappa shape index (κ1) is 18.6. The van der Waals surface area contributed by atoms with Crippen LogP contribution in [0.3, 0.4) is 0 Å². The lowest BCUT2D eigenvalue weighted by atomic mass is 10.0. The lowest BCUT2D eigenvalue weighted by Gasteiger charge is -2.26. The van der Waals surface area contributed by atoms with E-state index in [0.29, 0.717) is 5.56 Å². The number of nitrogens with zero attached hydrogens (tertiary/aromatic N) is 1. The summed E-state index contributed by atoms with van der Waals surface area (Å²) in [5.41, 5.74) is 3.40. The summed E-state index contributed by atoms with van der Waals surface area (Å²) in [5, 5.41) is 4.13. The molecule has 4 rings (SSSR count). The summed E-state index contributed by atoms with van der Waals surface area (Å²) in [5.74, 6) is -0.0142. The number of aromatic nitrogens is 1. The third-order valence-corrected chi connectivity index (χ3v) is 5.56. The van der Waals surface area contributed by atoms with Gasteiger partial charge in [0.2, 0.25) is 0 Å². The number of quaternary nitrogens is 1. The van der Waals surface area contributed by atoms with Crippen LogP contribution in [0.2, 0.25) is 0 Å². The third-order valence-electron chi connectivity index (χ3n) is 5.56. The number of hydrogen-bond acceptors (Lipinski definition) is 2. The summed E-state index contributed by atoms with van der Waals surface area (Å²) in [4.78, 5) is 19.5. The van der Waals surface area contributed by atoms with Gasteiger partial charge in [-0.1, -0.05) is 48.5 Å². The summed E-state index contributed by atoms with van der Waals surface area (Å²) in [6, 6.07) is 20.0. The number of fused-ring (bicyclic) bond motifs is 1. The highest BCUT2D eigenvalue weighted by Gasteiger charge is 2.20. The van der Waals surface area contributed by atoms with Crippen molar-refractivity contribution < 1.29 is 9.69 Å². The first-order valence-electron chi connectivity index (χ1n) is 10.3. The Morgan fingerprint density at radius 2 is 1.75 bits per heavy atom. The molecule has 1 aliphatic heterocycles. The molecule has 4 nitrogen and oxygen atoms in total. The molecule has 2 aromatic carbocycles. The number of nitrogens with one attached hydrogen (secondary N) is 2. The zero-order valence-corrected chi connectivity index (χ0v) is 16.4. The molecule has 144 valence electrons. The van der Waals surface area contributed by atoms with E-state index in [0.717, 1.165) is 28.7 Å². The molecular weight excluding hydrogens is 346 g/mol. The Balaban J connectivity index is 1.60. The summed E-state index contributed by atoms with van der Waals surface area (Å²) in [6.45, 7) is 5.54. The molecule has 2 N–H and O–H groups in total. The molecule has 3 aromatic rings. The number of carbonyl (C=O) groups is 1. The predicted octanol–water partition coefficient (Wildman–Crippen LogP) is 3.09. The van der Waals surface area contributed by atoms with E-state index in [1.165, 1.54) is 32.4 Å². The molecule has 0 unspecified atom stereocenters. The smallest absolute Gasteiger partial charge is 0.252 e. The van der Waals surface area contributed by atoms with Crippen LogP contribution in [0.4, 0.5) is 0 Å². The fraction of sp³-hybridized carbons (Fsp3) is 0.333. The van der Waals surface area contributed by atoms with Crippen LogP contribution in [-0.2, 0) is 0 Å². The van der Waals surface area contributed by atoms with E-state index >= 15 is 0 Å². The minimum atomic E-state index is -0.0142. The van der Waals surface area contributed by atoms with E-state index < -0.39 is 0 Å². The van der Waals surface area contributed by atoms with E-state index in [1.807, 2.05) is 60.7 Å². The van der Waals surface area contributed by atoms with Gasteiger partial charge in [-0.15, -0.1) is 0 Å². The highest BCUT2D eigenvalue weighted by Crippen LogP contribution is 2.24. The Morgan fingerprint density at radius 1 is 1.04 bits per heavy atom. The van der Waals surface area contributed by atoms with Gasteiger partial charge in [-0.2, -0.15) is 0 Å². The summed E-state index contributed by atoms with van der Waals surface area (Å²) < 4.78 is 0. The largest absolute Gasteiger partial charge is 0.344 e. The molecule has 0 spiro atoms. The number of benzene rings is 2. The van der Waals surface area contributed by atoms with Crippen molar-refractivity contribution in [1.82, 2.24) is 10.3 Å². The van der Waals surface area contributed by atoms with Gasteiger partial charge < -0.3 is 10.2 Å². The zero-order chi connectivity index (χ0) is 19.3. The first-order valence-corrected chi connectivity index (χ1v) is 10.3. The second kappa shape index (κ2) is 8.53. The van der Waals surface area contributed by atoms with Crippen LogP contribution in [0.5, 0.6) is 0 Å². The van der Waals surface area contributed by atoms with E-state index in [9.17, 15) is 4.79 Å². The highest BCUT2D eigenvalue weighted by atomic mass is 16.1. The van der Waals surface area contributed by atoms with Crippen molar-refractivity contribution in [2.75, 3.05) is 19.6 Å². The lowest BCUT2D eigenvalue weighted by Crippen LogP contribution is -3.14. The van der Waals surface area contributed by atoms with Gasteiger partial charge in [-0.05, 0) is 38.3 Å². The van der Waals surface area contributed by atoms with Crippen molar-refractivity contribution in [3.63, 3.8) is 0 Å². The van der Waals surface area contributed by atoms with Crippen LogP contribution >= 0.6 is 0 Å². The number of pyridine rings is 1. The minimum absolute atomic E-state index is 0.0142. The van der Waals surface area contributed by atoms with Gasteiger partial charge in [0.05, 0.1) is 42.5 Å². The zero-order valence-electron chi connectivity index (χ0n) is 16.4. The number of para-hydroxylation sites is 1. The molecule has 1 aliphatic rings. The number of carbonyl (C=O) groups excluding carboxylic acids is 1. The number of hydrogen-bond donors (Lipinski definition) is 2. The Bertz CT molecular complexity index is 948. The van der Waals surface area contributed by atoms with Crippen molar-refractivity contribution in [2.24, 2.45) is 0 Å². The number of amides is 1. The average molecular weight is 375 g/mol. The molecule has 1 atom stereocenters. The number of rotatable bonds is 5. The second-order valence-corrected chi connectivity index (χ2v) is 7.83. The normalized spacial score (nSPS) is 16.0. The SMILES string of the molecule is C[C@H](C[NH+]1CCCCC1)NC(=O)c1cc(-c2ccccc2)nc2ccccc12. The molecule has 4 heteroatoms. The number of likely N-dealkylation sites (tertiary alicyclic amines) is 1. The summed E-state index contributed by atoms with van der Waals surface area (Å²) in [7, 11) is 0. The molecule has 0 aliphatic carbocycles. The van der Waals surface area contributed by atoms with E-state index in [1.54, 1.807) is 4.90 Å². The van der Waals surface area contributed by atoms with Gasteiger partial charge in [0, 0.05) is 10.9 Å². The third kappa shape index (κ3) is 4.23. The highest BCUT2D eigenvalue weighted by molar-refractivity contribution is 6.07. The van der Waals surface area contributed by atoms with Crippen LogP contribution < -0.4 is 10.2 Å². The minimum Gasteiger partial charge on any atom is -0.344 e. The summed E-state index contributed by atoms with van der Waals surface area (Å²) >= 11 is 0. The topological polar surface area (TPSA) is 46.4 Å². The Hall–Kier alpha value is -2.72. The van der Waals surface area contributed by atoms with Crippen LogP contribution in [0.15, 0.2) is 60.7 Å². The molecular formula is C24H28N3O+. The second-order valence-electron chi connectivity index (χ2n) is 7.83. The molecule has 1 saturated heterocycles. The van der Waals surface area contributed by atoms with Crippen LogP contribution in [-0.4, -0.2) is 36.6 Å². The van der Waals surface area contributed by atoms with Gasteiger partial charge in [-0.25, -0.2) is 4.98 Å². The first-order chi connectivity index (χ1) is 13.7. The van der Waals surface area contributed by atoms with Crippen molar-refractivity contribution in [1.29, 1.82) is 0 Å². The summed E-state index contributed by atoms with van der Waals surface area (Å²) in [6.07, 6.45) is 3.94. The maximum absolute atomic E-state index is 13.1. The van der Waals surface area contributed by atoms with Gasteiger partial charge in [0.15, 0.2) is 0 Å². The maximum atomic E-state index is 13.1. The molecule has 1 fully saturated rings. The fourth-order valence-electron chi connectivity index (χ4n) is 4.16. The molecule has 28 heavy (non-hydrogen) atoms. The van der Waals surface area contributed by atoms with E-state index in [2.05, 4.69) is 12.2 Å². The number of piperidine rings is 1. The van der Waals surface area contributed by atoms with Crippen molar-refractivity contribution >= 4 is 16.8 Å². The molecule has 0 radical (unpaired) electrons. The van der Waals surface area contributed by atoms with Crippen LogP contribution in [0, 0.1) is 0 Å². The van der Waals surface area contributed by atoms with E-state index in [-0.39, 0.29) is 11.9 Å². The van der Waals surface area contributed by atoms with E-state index in [4.69, 9.17) is 4.98 Å². The Morgan fingerprint density at radius 3 is 2.54 bits per heavy atom. The quantitative estimate of drug-likeness (QED) is 0.721. The van der Waals surface area contributed by atoms with Crippen molar-refractivity contribution in [3.8, 4) is 11.3 Å². The standard InChI is InChI=1S/C24H27N3O/c1-18(17-27-14-8-3-9-15-27)25-24(28)21-16-23(19-10-4-2-5-11-19)26-22-13-7-6-12-20(21)22/h2,4-7,10-13,16,18H,3,8-9,14-15,17H2,1H3,(H,25,28)/p+1/t18-/m1/s1. The van der Waals surface area contributed by atoms with Gasteiger partial charge in [-0.3, -0.25) is 4.79 Å². The van der Waals surface area contributed by atoms with Gasteiger partial charge in [0.1, 0.15) is 0 Å². The maximum Gasteiger partial charge on any atom is 0.252 e. The van der Waals surface area contributed by atoms with Gasteiger partial charge >= 0.3 is 0 Å². The average Bonchev–Trinajstić information content (AvgIpc) is 2.74. The lowest BCUT2D eigenvalue weighted by molar-refractivity contribution is -0.905. The van der Waals surface area contributed by atoms with Crippen LogP contribution in [0.25, 0.3) is 22.2 Å². The van der Waals surface area contributed by atoms with Crippen LogP contribution in [0.1, 0.15) is 36.5 Å². The van der Waals surface area contributed by atoms with Crippen molar-refractivity contribution in [2.45, 2.75) is 32.2 Å². The molecule has 1 aromatic heterocycles. The Labute approximate surface area is 166 Å². The molecule has 2 heterocycles. The fourth-order valence-corrected chi connectivity index (χ4v) is 4.16. The molecule has 1 amide bonds. The predicted molar refractivity (Wildman–Crippen MR) is 114 cm³/mol. The van der Waals surface area contributed by atoms with Crippen molar-refractivity contribution in [3.05, 3.63) is 66.2 Å². The Kier molecular flexibility index (Phi) is 5.68. The molecule has 0 saturated carbocycles. The van der Waals surface area contributed by atoms with Gasteiger partial charge in [0.25, 0.3) is 5.91 Å². The molecule has 0 bridgehead atoms.